The van der Waals surface area contributed by atoms with Crippen molar-refractivity contribution in [2.24, 2.45) is 0 Å². The average molecular weight is 272 g/mol. The smallest absolute Gasteiger partial charge is 0.250 e. The molecule has 0 aliphatic heterocycles. The zero-order valence-electron chi connectivity index (χ0n) is 11.4. The highest BCUT2D eigenvalue weighted by Gasteiger charge is 2.07. The van der Waals surface area contributed by atoms with Gasteiger partial charge in [0.25, 0.3) is 5.56 Å². The van der Waals surface area contributed by atoms with Gasteiger partial charge in [-0.25, -0.2) is 0 Å². The Labute approximate surface area is 118 Å². The molecule has 0 aliphatic rings. The first-order chi connectivity index (χ1) is 9.79. The fourth-order valence-electron chi connectivity index (χ4n) is 2.13. The largest absolute Gasteiger partial charge is 0.395 e. The molecule has 4 heteroatoms. The standard InChI is InChI=1S/C16H20N2O2/c19-13-15(12-14-6-2-1-3-7-14)17-9-11-18-10-5-4-8-16(18)20/h1-8,10,15,17,19H,9,11-13H2. The van der Waals surface area contributed by atoms with Crippen molar-refractivity contribution in [2.45, 2.75) is 19.0 Å². The van der Waals surface area contributed by atoms with Crippen LogP contribution in [0.4, 0.5) is 0 Å². The van der Waals surface area contributed by atoms with Gasteiger partial charge in [0.15, 0.2) is 0 Å². The highest BCUT2D eigenvalue weighted by molar-refractivity contribution is 5.15. The number of hydrogen-bond acceptors (Lipinski definition) is 3. The molecule has 0 saturated carbocycles. The Balaban J connectivity index is 1.82. The maximum absolute atomic E-state index is 11.5. The molecule has 1 aromatic carbocycles. The summed E-state index contributed by atoms with van der Waals surface area (Å²) >= 11 is 0. The van der Waals surface area contributed by atoms with Crippen LogP contribution in [-0.2, 0) is 13.0 Å². The maximum atomic E-state index is 11.5. The maximum Gasteiger partial charge on any atom is 0.250 e. The number of hydrogen-bond donors (Lipinski definition) is 2. The number of pyridine rings is 1. The predicted molar refractivity (Wildman–Crippen MR) is 79.7 cm³/mol. The first-order valence-electron chi connectivity index (χ1n) is 6.83. The van der Waals surface area contributed by atoms with Gasteiger partial charge in [0, 0.05) is 31.4 Å². The third kappa shape index (κ3) is 4.33. The van der Waals surface area contributed by atoms with E-state index in [0.717, 1.165) is 6.42 Å². The van der Waals surface area contributed by atoms with Crippen molar-refractivity contribution in [3.63, 3.8) is 0 Å². The van der Waals surface area contributed by atoms with Gasteiger partial charge in [-0.05, 0) is 18.1 Å². The van der Waals surface area contributed by atoms with Gasteiger partial charge in [0.2, 0.25) is 0 Å². The minimum absolute atomic E-state index is 0.00194. The van der Waals surface area contributed by atoms with E-state index in [1.807, 2.05) is 36.4 Å². The zero-order chi connectivity index (χ0) is 14.2. The summed E-state index contributed by atoms with van der Waals surface area (Å²) in [5.74, 6) is 0. The van der Waals surface area contributed by atoms with Crippen LogP contribution in [0.25, 0.3) is 0 Å². The van der Waals surface area contributed by atoms with Gasteiger partial charge in [-0.15, -0.1) is 0 Å². The summed E-state index contributed by atoms with van der Waals surface area (Å²) in [6.07, 6.45) is 2.55. The minimum Gasteiger partial charge on any atom is -0.395 e. The molecule has 0 radical (unpaired) electrons. The summed E-state index contributed by atoms with van der Waals surface area (Å²) in [6.45, 7) is 1.34. The molecule has 1 aromatic heterocycles. The Morgan fingerprint density at radius 3 is 2.55 bits per heavy atom. The molecule has 1 atom stereocenters. The molecular weight excluding hydrogens is 252 g/mol. The van der Waals surface area contributed by atoms with Crippen LogP contribution in [-0.4, -0.2) is 28.9 Å². The van der Waals surface area contributed by atoms with Crippen molar-refractivity contribution in [1.29, 1.82) is 0 Å². The number of nitrogens with zero attached hydrogens (tertiary/aromatic N) is 1. The number of benzene rings is 1. The van der Waals surface area contributed by atoms with Crippen molar-refractivity contribution in [3.05, 3.63) is 70.6 Å². The molecule has 0 amide bonds. The van der Waals surface area contributed by atoms with E-state index in [1.165, 1.54) is 5.56 Å². The van der Waals surface area contributed by atoms with Crippen LogP contribution in [0.15, 0.2) is 59.5 Å². The second-order valence-corrected chi connectivity index (χ2v) is 4.76. The highest BCUT2D eigenvalue weighted by Crippen LogP contribution is 2.02. The van der Waals surface area contributed by atoms with Crippen molar-refractivity contribution in [2.75, 3.05) is 13.2 Å². The van der Waals surface area contributed by atoms with E-state index < -0.39 is 0 Å². The monoisotopic (exact) mass is 272 g/mol. The van der Waals surface area contributed by atoms with Crippen molar-refractivity contribution in [3.8, 4) is 0 Å². The molecule has 0 aliphatic carbocycles. The average Bonchev–Trinajstić information content (AvgIpc) is 2.49. The molecule has 0 saturated heterocycles. The lowest BCUT2D eigenvalue weighted by atomic mass is 10.1. The molecule has 2 aromatic rings. The first kappa shape index (κ1) is 14.5. The molecule has 2 N–H and O–H groups in total. The predicted octanol–water partition coefficient (Wildman–Crippen LogP) is 1.04. The van der Waals surface area contributed by atoms with Gasteiger partial charge in [-0.3, -0.25) is 4.79 Å². The van der Waals surface area contributed by atoms with Crippen LogP contribution in [0, 0.1) is 0 Å². The Morgan fingerprint density at radius 2 is 1.85 bits per heavy atom. The van der Waals surface area contributed by atoms with E-state index in [2.05, 4.69) is 5.32 Å². The third-order valence-electron chi connectivity index (χ3n) is 3.23. The summed E-state index contributed by atoms with van der Waals surface area (Å²) in [6, 6.07) is 15.2. The lowest BCUT2D eigenvalue weighted by Crippen LogP contribution is -2.37. The number of rotatable bonds is 7. The van der Waals surface area contributed by atoms with Gasteiger partial charge in [0.1, 0.15) is 0 Å². The molecule has 0 fully saturated rings. The summed E-state index contributed by atoms with van der Waals surface area (Å²) in [4.78, 5) is 11.5. The Hall–Kier alpha value is -1.91. The Kier molecular flexibility index (Phi) is 5.53. The van der Waals surface area contributed by atoms with E-state index in [-0.39, 0.29) is 18.2 Å². The fourth-order valence-corrected chi connectivity index (χ4v) is 2.13. The van der Waals surface area contributed by atoms with Crippen molar-refractivity contribution < 1.29 is 5.11 Å². The first-order valence-corrected chi connectivity index (χ1v) is 6.83. The lowest BCUT2D eigenvalue weighted by molar-refractivity contribution is 0.240. The normalized spacial score (nSPS) is 12.2. The third-order valence-corrected chi connectivity index (χ3v) is 3.23. The summed E-state index contributed by atoms with van der Waals surface area (Å²) in [7, 11) is 0. The molecule has 1 unspecified atom stereocenters. The summed E-state index contributed by atoms with van der Waals surface area (Å²) in [5.41, 5.74) is 1.19. The van der Waals surface area contributed by atoms with Crippen molar-refractivity contribution >= 4 is 0 Å². The van der Waals surface area contributed by atoms with E-state index in [9.17, 15) is 9.90 Å². The van der Waals surface area contributed by atoms with E-state index in [4.69, 9.17) is 0 Å². The lowest BCUT2D eigenvalue weighted by Gasteiger charge is -2.16. The van der Waals surface area contributed by atoms with E-state index >= 15 is 0 Å². The van der Waals surface area contributed by atoms with Gasteiger partial charge in [0.05, 0.1) is 6.61 Å². The molecular formula is C16H20N2O2. The molecule has 0 bridgehead atoms. The van der Waals surface area contributed by atoms with Gasteiger partial charge in [-0.2, -0.15) is 0 Å². The minimum atomic E-state index is -0.00194. The SMILES string of the molecule is O=c1ccccn1CCNC(CO)Cc1ccccc1. The van der Waals surface area contributed by atoms with Crippen LogP contribution >= 0.6 is 0 Å². The van der Waals surface area contributed by atoms with Crippen LogP contribution in [0.3, 0.4) is 0 Å². The molecule has 106 valence electrons. The topological polar surface area (TPSA) is 54.3 Å². The molecule has 2 rings (SSSR count). The van der Waals surface area contributed by atoms with Crippen LogP contribution in [0.5, 0.6) is 0 Å². The number of aliphatic hydroxyl groups is 1. The molecule has 0 spiro atoms. The Morgan fingerprint density at radius 1 is 1.10 bits per heavy atom. The number of nitrogens with one attached hydrogen (secondary N) is 1. The number of aromatic nitrogens is 1. The summed E-state index contributed by atoms with van der Waals surface area (Å²) in [5, 5.41) is 12.7. The van der Waals surface area contributed by atoms with Crippen molar-refractivity contribution in [1.82, 2.24) is 9.88 Å². The van der Waals surface area contributed by atoms with Gasteiger partial charge >= 0.3 is 0 Å². The molecule has 4 nitrogen and oxygen atoms in total. The second kappa shape index (κ2) is 7.62. The number of aliphatic hydroxyl groups excluding tert-OH is 1. The molecule has 1 heterocycles. The van der Waals surface area contributed by atoms with Crippen LogP contribution < -0.4 is 10.9 Å². The molecule has 20 heavy (non-hydrogen) atoms. The highest BCUT2D eigenvalue weighted by atomic mass is 16.3. The van der Waals surface area contributed by atoms with Gasteiger partial charge in [-0.1, -0.05) is 36.4 Å². The van der Waals surface area contributed by atoms with Gasteiger partial charge < -0.3 is 15.0 Å². The fraction of sp³-hybridized carbons (Fsp3) is 0.312. The second-order valence-electron chi connectivity index (χ2n) is 4.76. The van der Waals surface area contributed by atoms with Crippen LogP contribution in [0.2, 0.25) is 0 Å². The summed E-state index contributed by atoms with van der Waals surface area (Å²) < 4.78 is 1.66. The Bertz CT molecular complexity index is 566. The van der Waals surface area contributed by atoms with E-state index in [0.29, 0.717) is 13.1 Å². The quantitative estimate of drug-likeness (QED) is 0.792. The van der Waals surface area contributed by atoms with E-state index in [1.54, 1.807) is 22.9 Å². The zero-order valence-corrected chi connectivity index (χ0v) is 11.4. The van der Waals surface area contributed by atoms with Crippen LogP contribution in [0.1, 0.15) is 5.56 Å².